The van der Waals surface area contributed by atoms with E-state index >= 15 is 0 Å². The highest BCUT2D eigenvalue weighted by atomic mass is 79.9. The third kappa shape index (κ3) is 5.17. The molecule has 0 saturated heterocycles. The van der Waals surface area contributed by atoms with Crippen molar-refractivity contribution < 1.29 is 13.9 Å². The molecule has 1 aromatic heterocycles. The number of carbonyl (C=O) groups excluding carboxylic acids is 1. The quantitative estimate of drug-likeness (QED) is 0.278. The molecule has 0 bridgehead atoms. The summed E-state index contributed by atoms with van der Waals surface area (Å²) in [5, 5.41) is 2.95. The molecule has 1 heterocycles. The number of halogens is 1. The normalized spacial score (nSPS) is 11.5. The molecule has 0 radical (unpaired) electrons. The standard InChI is InChI=1S/C27H25BrN2O3/c1-16(2)18-7-10-25-23(14-18)30-27(33-25)20-6-5-17(3)22(15-20)29-26(31)12-8-19-13-21(28)9-11-24(19)32-4/h5-16H,1-4H3,(H,29,31)/b12-8+. The van der Waals surface area contributed by atoms with E-state index < -0.39 is 0 Å². The first kappa shape index (κ1) is 22.8. The van der Waals surface area contributed by atoms with Gasteiger partial charge in [0.1, 0.15) is 11.3 Å². The van der Waals surface area contributed by atoms with Crippen LogP contribution in [0.2, 0.25) is 0 Å². The summed E-state index contributed by atoms with van der Waals surface area (Å²) in [4.78, 5) is 17.3. The molecule has 0 unspecified atom stereocenters. The summed E-state index contributed by atoms with van der Waals surface area (Å²) >= 11 is 3.44. The maximum Gasteiger partial charge on any atom is 0.248 e. The number of benzene rings is 3. The van der Waals surface area contributed by atoms with E-state index in [4.69, 9.17) is 9.15 Å². The number of nitrogens with zero attached hydrogens (tertiary/aromatic N) is 1. The Bertz CT molecular complexity index is 1350. The number of oxazole rings is 1. The number of nitrogens with one attached hydrogen (secondary N) is 1. The van der Waals surface area contributed by atoms with Gasteiger partial charge in [-0.2, -0.15) is 0 Å². The topological polar surface area (TPSA) is 64.4 Å². The Hall–Kier alpha value is -3.38. The van der Waals surface area contributed by atoms with Crippen molar-refractivity contribution in [3.8, 4) is 17.2 Å². The van der Waals surface area contributed by atoms with Crippen molar-refractivity contribution in [1.82, 2.24) is 4.98 Å². The van der Waals surface area contributed by atoms with E-state index in [2.05, 4.69) is 52.2 Å². The van der Waals surface area contributed by atoms with E-state index in [1.54, 1.807) is 13.2 Å². The van der Waals surface area contributed by atoms with Crippen LogP contribution in [0.1, 0.15) is 36.5 Å². The lowest BCUT2D eigenvalue weighted by Gasteiger charge is -2.08. The van der Waals surface area contributed by atoms with Crippen molar-refractivity contribution in [3.63, 3.8) is 0 Å². The van der Waals surface area contributed by atoms with Crippen molar-refractivity contribution >= 4 is 44.7 Å². The van der Waals surface area contributed by atoms with Crippen molar-refractivity contribution in [1.29, 1.82) is 0 Å². The Kier molecular flexibility index (Phi) is 6.65. The highest BCUT2D eigenvalue weighted by Gasteiger charge is 2.12. The zero-order chi connectivity index (χ0) is 23.5. The van der Waals surface area contributed by atoms with Gasteiger partial charge in [-0.1, -0.05) is 41.9 Å². The number of amides is 1. The molecule has 5 nitrogen and oxygen atoms in total. The molecule has 0 aliphatic heterocycles. The molecule has 4 rings (SSSR count). The second-order valence-corrected chi connectivity index (χ2v) is 9.06. The maximum absolute atomic E-state index is 12.6. The van der Waals surface area contributed by atoms with Gasteiger partial charge in [-0.3, -0.25) is 4.79 Å². The summed E-state index contributed by atoms with van der Waals surface area (Å²) in [5.74, 6) is 1.39. The van der Waals surface area contributed by atoms with Crippen molar-refractivity contribution in [2.75, 3.05) is 12.4 Å². The number of anilines is 1. The number of methoxy groups -OCH3 is 1. The fraction of sp³-hybridized carbons (Fsp3) is 0.185. The van der Waals surface area contributed by atoms with Crippen LogP contribution >= 0.6 is 15.9 Å². The summed E-state index contributed by atoms with van der Waals surface area (Å²) in [6.07, 6.45) is 3.22. The predicted molar refractivity (Wildman–Crippen MR) is 137 cm³/mol. The number of hydrogen-bond acceptors (Lipinski definition) is 4. The fourth-order valence-electron chi connectivity index (χ4n) is 3.49. The SMILES string of the molecule is COc1ccc(Br)cc1/C=C/C(=O)Nc1cc(-c2nc3cc(C(C)C)ccc3o2)ccc1C. The van der Waals surface area contributed by atoms with Gasteiger partial charge in [0.05, 0.1) is 7.11 Å². The van der Waals surface area contributed by atoms with Gasteiger partial charge in [-0.15, -0.1) is 0 Å². The average molecular weight is 505 g/mol. The lowest BCUT2D eigenvalue weighted by molar-refractivity contribution is -0.111. The van der Waals surface area contributed by atoms with Gasteiger partial charge in [0.25, 0.3) is 0 Å². The van der Waals surface area contributed by atoms with Gasteiger partial charge in [0.15, 0.2) is 5.58 Å². The number of aryl methyl sites for hydroxylation is 1. The molecule has 0 aliphatic carbocycles. The fourth-order valence-corrected chi connectivity index (χ4v) is 3.87. The minimum absolute atomic E-state index is 0.239. The highest BCUT2D eigenvalue weighted by Crippen LogP contribution is 2.30. The summed E-state index contributed by atoms with van der Waals surface area (Å²) < 4.78 is 12.2. The second-order valence-electron chi connectivity index (χ2n) is 8.14. The van der Waals surface area contributed by atoms with Crippen molar-refractivity contribution in [2.24, 2.45) is 0 Å². The molecular formula is C27H25BrN2O3. The lowest BCUT2D eigenvalue weighted by atomic mass is 10.0. The number of carbonyl (C=O) groups is 1. The average Bonchev–Trinajstić information content (AvgIpc) is 3.22. The Morgan fingerprint density at radius 3 is 2.70 bits per heavy atom. The Morgan fingerprint density at radius 1 is 1.12 bits per heavy atom. The molecular weight excluding hydrogens is 480 g/mol. The van der Waals surface area contributed by atoms with E-state index in [9.17, 15) is 4.79 Å². The zero-order valence-electron chi connectivity index (χ0n) is 19.0. The van der Waals surface area contributed by atoms with Crippen molar-refractivity contribution in [2.45, 2.75) is 26.7 Å². The van der Waals surface area contributed by atoms with E-state index in [0.717, 1.165) is 32.3 Å². The first-order chi connectivity index (χ1) is 15.8. The number of rotatable bonds is 6. The molecule has 6 heteroatoms. The van der Waals surface area contributed by atoms with Crippen LogP contribution in [0.15, 0.2) is 69.6 Å². The summed E-state index contributed by atoms with van der Waals surface area (Å²) in [7, 11) is 1.60. The minimum Gasteiger partial charge on any atom is -0.496 e. The zero-order valence-corrected chi connectivity index (χ0v) is 20.6. The van der Waals surface area contributed by atoms with Crippen molar-refractivity contribution in [3.05, 3.63) is 81.8 Å². The van der Waals surface area contributed by atoms with Crippen LogP contribution in [0.5, 0.6) is 5.75 Å². The monoisotopic (exact) mass is 504 g/mol. The number of aromatic nitrogens is 1. The van der Waals surface area contributed by atoms with Gasteiger partial charge in [0, 0.05) is 27.4 Å². The van der Waals surface area contributed by atoms with Gasteiger partial charge in [-0.25, -0.2) is 4.98 Å². The summed E-state index contributed by atoms with van der Waals surface area (Å²) in [5.41, 5.74) is 6.04. The molecule has 3 aromatic carbocycles. The van der Waals surface area contributed by atoms with E-state index in [-0.39, 0.29) is 5.91 Å². The summed E-state index contributed by atoms with van der Waals surface area (Å²) in [6.45, 7) is 6.25. The third-order valence-electron chi connectivity index (χ3n) is 5.43. The Morgan fingerprint density at radius 2 is 1.94 bits per heavy atom. The number of ether oxygens (including phenoxy) is 1. The van der Waals surface area contributed by atoms with E-state index in [1.807, 2.05) is 49.4 Å². The van der Waals surface area contributed by atoms with Crippen LogP contribution in [0, 0.1) is 6.92 Å². The van der Waals surface area contributed by atoms with Crippen LogP contribution in [-0.2, 0) is 4.79 Å². The van der Waals surface area contributed by atoms with Gasteiger partial charge in [-0.05, 0) is 72.5 Å². The molecule has 33 heavy (non-hydrogen) atoms. The largest absolute Gasteiger partial charge is 0.496 e. The van der Waals surface area contributed by atoms with Gasteiger partial charge < -0.3 is 14.5 Å². The molecule has 0 aliphatic rings. The second kappa shape index (κ2) is 9.63. The van der Waals surface area contributed by atoms with Crippen LogP contribution in [0.25, 0.3) is 28.6 Å². The molecule has 4 aromatic rings. The van der Waals surface area contributed by atoms with Gasteiger partial charge >= 0.3 is 0 Å². The first-order valence-corrected chi connectivity index (χ1v) is 11.5. The van der Waals surface area contributed by atoms with Gasteiger partial charge in [0.2, 0.25) is 11.8 Å². The Balaban J connectivity index is 1.57. The Labute approximate surface area is 201 Å². The highest BCUT2D eigenvalue weighted by molar-refractivity contribution is 9.10. The molecule has 168 valence electrons. The van der Waals surface area contributed by atoms with Crippen LogP contribution in [0.4, 0.5) is 5.69 Å². The molecule has 0 saturated carbocycles. The third-order valence-corrected chi connectivity index (χ3v) is 5.92. The minimum atomic E-state index is -0.239. The smallest absolute Gasteiger partial charge is 0.248 e. The van der Waals surface area contributed by atoms with E-state index in [1.165, 1.54) is 11.6 Å². The van der Waals surface area contributed by atoms with Crippen LogP contribution in [0.3, 0.4) is 0 Å². The molecule has 1 amide bonds. The maximum atomic E-state index is 12.6. The van der Waals surface area contributed by atoms with E-state index in [0.29, 0.717) is 23.2 Å². The molecule has 1 N–H and O–H groups in total. The summed E-state index contributed by atoms with van der Waals surface area (Å²) in [6, 6.07) is 17.5. The van der Waals surface area contributed by atoms with Crippen LogP contribution in [-0.4, -0.2) is 18.0 Å². The predicted octanol–water partition coefficient (Wildman–Crippen LogP) is 7.35. The number of fused-ring (bicyclic) bond motifs is 1. The van der Waals surface area contributed by atoms with Crippen LogP contribution < -0.4 is 10.1 Å². The lowest BCUT2D eigenvalue weighted by Crippen LogP contribution is -2.09. The molecule has 0 fully saturated rings. The number of hydrogen-bond donors (Lipinski definition) is 1. The molecule has 0 spiro atoms. The first-order valence-electron chi connectivity index (χ1n) is 10.7. The molecule has 0 atom stereocenters.